The number of nitrogens with one attached hydrogen (secondary N) is 1. The van der Waals surface area contributed by atoms with E-state index in [0.29, 0.717) is 6.04 Å². The van der Waals surface area contributed by atoms with Crippen LogP contribution in [-0.2, 0) is 12.8 Å². The zero-order valence-electron chi connectivity index (χ0n) is 10.1. The van der Waals surface area contributed by atoms with E-state index in [1.54, 1.807) is 0 Å². The Bertz CT molecular complexity index is 554. The van der Waals surface area contributed by atoms with Crippen LogP contribution in [0.2, 0.25) is 0 Å². The number of pyridine rings is 1. The zero-order chi connectivity index (χ0) is 12.4. The average molecular weight is 242 g/mol. The summed E-state index contributed by atoms with van der Waals surface area (Å²) in [7, 11) is 0. The first-order valence-electron chi connectivity index (χ1n) is 6.26. The van der Waals surface area contributed by atoms with Crippen molar-refractivity contribution in [2.45, 2.75) is 25.3 Å². The van der Waals surface area contributed by atoms with Crippen LogP contribution in [0.1, 0.15) is 17.5 Å². The molecular formula is C15H15FN2. The van der Waals surface area contributed by atoms with Gasteiger partial charge in [0.15, 0.2) is 0 Å². The Kier molecular flexibility index (Phi) is 2.97. The van der Waals surface area contributed by atoms with E-state index in [0.717, 1.165) is 24.9 Å². The van der Waals surface area contributed by atoms with Gasteiger partial charge in [-0.05, 0) is 36.5 Å². The molecule has 1 unspecified atom stereocenters. The first-order valence-corrected chi connectivity index (χ1v) is 6.26. The number of fused-ring (bicyclic) bond motifs is 1. The third kappa shape index (κ3) is 2.35. The third-order valence-electron chi connectivity index (χ3n) is 3.44. The summed E-state index contributed by atoms with van der Waals surface area (Å²) in [5.41, 5.74) is 3.65. The van der Waals surface area contributed by atoms with Crippen LogP contribution in [0.5, 0.6) is 0 Å². The molecule has 0 radical (unpaired) electrons. The van der Waals surface area contributed by atoms with Gasteiger partial charge in [0.05, 0.1) is 0 Å². The zero-order valence-corrected chi connectivity index (χ0v) is 10.1. The molecule has 3 heteroatoms. The van der Waals surface area contributed by atoms with Crippen molar-refractivity contribution in [3.05, 3.63) is 59.7 Å². The van der Waals surface area contributed by atoms with Gasteiger partial charge >= 0.3 is 0 Å². The fraction of sp³-hybridized carbons (Fsp3) is 0.267. The molecule has 0 bridgehead atoms. The lowest BCUT2D eigenvalue weighted by molar-refractivity contribution is 0.580. The standard InChI is InChI=1S/C15H15FN2/c16-15-10-14(7-8-17-15)18-13-6-5-11-3-1-2-4-12(11)9-13/h1-4,7-8,10,13H,5-6,9H2,(H,17,18). The maximum absolute atomic E-state index is 13.0. The highest BCUT2D eigenvalue weighted by Crippen LogP contribution is 2.23. The monoisotopic (exact) mass is 242 g/mol. The fourth-order valence-corrected chi connectivity index (χ4v) is 2.55. The molecule has 0 saturated carbocycles. The molecule has 1 heterocycles. The van der Waals surface area contributed by atoms with E-state index in [4.69, 9.17) is 0 Å². The molecule has 2 nitrogen and oxygen atoms in total. The number of rotatable bonds is 2. The van der Waals surface area contributed by atoms with Crippen LogP contribution in [-0.4, -0.2) is 11.0 Å². The summed E-state index contributed by atoms with van der Waals surface area (Å²) < 4.78 is 13.0. The average Bonchev–Trinajstić information content (AvgIpc) is 2.39. The van der Waals surface area contributed by atoms with Gasteiger partial charge < -0.3 is 5.32 Å². The quantitative estimate of drug-likeness (QED) is 0.818. The highest BCUT2D eigenvalue weighted by molar-refractivity contribution is 5.43. The lowest BCUT2D eigenvalue weighted by Gasteiger charge is -2.26. The van der Waals surface area contributed by atoms with Crippen molar-refractivity contribution in [1.29, 1.82) is 0 Å². The Morgan fingerprint density at radius 2 is 2.00 bits per heavy atom. The molecular weight excluding hydrogens is 227 g/mol. The molecule has 0 saturated heterocycles. The summed E-state index contributed by atoms with van der Waals surface area (Å²) in [6.07, 6.45) is 4.66. The van der Waals surface area contributed by atoms with E-state index in [1.807, 2.05) is 6.07 Å². The SMILES string of the molecule is Fc1cc(NC2CCc3ccccc3C2)ccn1. The van der Waals surface area contributed by atoms with Crippen LogP contribution in [0.15, 0.2) is 42.6 Å². The Hall–Kier alpha value is -1.90. The Morgan fingerprint density at radius 1 is 1.17 bits per heavy atom. The minimum atomic E-state index is -0.434. The molecule has 0 spiro atoms. The Morgan fingerprint density at radius 3 is 2.83 bits per heavy atom. The second-order valence-corrected chi connectivity index (χ2v) is 4.72. The van der Waals surface area contributed by atoms with Crippen LogP contribution in [0.25, 0.3) is 0 Å². The number of nitrogens with zero attached hydrogens (tertiary/aromatic N) is 1. The summed E-state index contributed by atoms with van der Waals surface area (Å²) >= 11 is 0. The van der Waals surface area contributed by atoms with Crippen molar-refractivity contribution in [2.75, 3.05) is 5.32 Å². The Balaban J connectivity index is 1.73. The summed E-state index contributed by atoms with van der Waals surface area (Å²) in [6, 6.07) is 12.2. The van der Waals surface area contributed by atoms with Crippen molar-refractivity contribution in [3.8, 4) is 0 Å². The molecule has 0 aliphatic heterocycles. The van der Waals surface area contributed by atoms with Gasteiger partial charge in [0.2, 0.25) is 5.95 Å². The largest absolute Gasteiger partial charge is 0.382 e. The molecule has 0 amide bonds. The molecule has 1 aliphatic carbocycles. The van der Waals surface area contributed by atoms with Crippen molar-refractivity contribution in [2.24, 2.45) is 0 Å². The maximum atomic E-state index is 13.0. The van der Waals surface area contributed by atoms with E-state index in [2.05, 4.69) is 34.6 Å². The summed E-state index contributed by atoms with van der Waals surface area (Å²) in [5.74, 6) is -0.434. The lowest BCUT2D eigenvalue weighted by atomic mass is 9.88. The van der Waals surface area contributed by atoms with E-state index in [-0.39, 0.29) is 0 Å². The second kappa shape index (κ2) is 4.77. The van der Waals surface area contributed by atoms with Gasteiger partial charge in [-0.2, -0.15) is 4.39 Å². The highest BCUT2D eigenvalue weighted by atomic mass is 19.1. The molecule has 92 valence electrons. The fourth-order valence-electron chi connectivity index (χ4n) is 2.55. The van der Waals surface area contributed by atoms with Crippen molar-refractivity contribution >= 4 is 5.69 Å². The predicted molar refractivity (Wildman–Crippen MR) is 70.1 cm³/mol. The first kappa shape index (κ1) is 11.2. The number of aromatic nitrogens is 1. The molecule has 18 heavy (non-hydrogen) atoms. The normalized spacial score (nSPS) is 18.2. The molecule has 1 N–H and O–H groups in total. The van der Waals surface area contributed by atoms with Gasteiger partial charge in [-0.3, -0.25) is 0 Å². The molecule has 3 rings (SSSR count). The molecule has 1 aromatic heterocycles. The van der Waals surface area contributed by atoms with Crippen LogP contribution >= 0.6 is 0 Å². The predicted octanol–water partition coefficient (Wildman–Crippen LogP) is 3.19. The van der Waals surface area contributed by atoms with E-state index >= 15 is 0 Å². The van der Waals surface area contributed by atoms with E-state index in [1.165, 1.54) is 23.4 Å². The number of benzene rings is 1. The minimum Gasteiger partial charge on any atom is -0.382 e. The summed E-state index contributed by atoms with van der Waals surface area (Å²) in [6.45, 7) is 0. The molecule has 2 aromatic rings. The first-order chi connectivity index (χ1) is 8.81. The van der Waals surface area contributed by atoms with Gasteiger partial charge in [0, 0.05) is 24.0 Å². The molecule has 1 aliphatic rings. The summed E-state index contributed by atoms with van der Waals surface area (Å²) in [4.78, 5) is 3.56. The Labute approximate surface area is 106 Å². The highest BCUT2D eigenvalue weighted by Gasteiger charge is 2.17. The smallest absolute Gasteiger partial charge is 0.214 e. The van der Waals surface area contributed by atoms with Gasteiger partial charge in [0.1, 0.15) is 0 Å². The van der Waals surface area contributed by atoms with Crippen LogP contribution in [0.3, 0.4) is 0 Å². The number of hydrogen-bond donors (Lipinski definition) is 1. The van der Waals surface area contributed by atoms with E-state index in [9.17, 15) is 4.39 Å². The van der Waals surface area contributed by atoms with Gasteiger partial charge in [-0.1, -0.05) is 24.3 Å². The second-order valence-electron chi connectivity index (χ2n) is 4.72. The number of hydrogen-bond acceptors (Lipinski definition) is 2. The summed E-state index contributed by atoms with van der Waals surface area (Å²) in [5, 5.41) is 3.38. The third-order valence-corrected chi connectivity index (χ3v) is 3.44. The number of anilines is 1. The van der Waals surface area contributed by atoms with Crippen molar-refractivity contribution < 1.29 is 4.39 Å². The minimum absolute atomic E-state index is 0.377. The van der Waals surface area contributed by atoms with Crippen molar-refractivity contribution in [3.63, 3.8) is 0 Å². The van der Waals surface area contributed by atoms with Gasteiger partial charge in [-0.25, -0.2) is 4.98 Å². The van der Waals surface area contributed by atoms with Crippen LogP contribution < -0.4 is 5.32 Å². The molecule has 1 aromatic carbocycles. The van der Waals surface area contributed by atoms with E-state index < -0.39 is 5.95 Å². The number of halogens is 1. The lowest BCUT2D eigenvalue weighted by Crippen LogP contribution is -2.27. The van der Waals surface area contributed by atoms with Crippen LogP contribution in [0, 0.1) is 5.95 Å². The molecule has 0 fully saturated rings. The van der Waals surface area contributed by atoms with Crippen LogP contribution in [0.4, 0.5) is 10.1 Å². The molecule has 1 atom stereocenters. The van der Waals surface area contributed by atoms with Gasteiger partial charge in [0.25, 0.3) is 0 Å². The van der Waals surface area contributed by atoms with Crippen molar-refractivity contribution in [1.82, 2.24) is 4.98 Å². The topological polar surface area (TPSA) is 24.9 Å². The number of aryl methyl sites for hydroxylation is 1. The van der Waals surface area contributed by atoms with Gasteiger partial charge in [-0.15, -0.1) is 0 Å². The maximum Gasteiger partial charge on any atom is 0.214 e.